The summed E-state index contributed by atoms with van der Waals surface area (Å²) in [5.74, 6) is 0. The summed E-state index contributed by atoms with van der Waals surface area (Å²) >= 11 is 1.55. The first-order chi connectivity index (χ1) is 8.65. The smallest absolute Gasteiger partial charge is 0.203 e. The number of nitrogens with one attached hydrogen (secondary N) is 1. The van der Waals surface area contributed by atoms with Crippen LogP contribution in [0.2, 0.25) is 0 Å². The van der Waals surface area contributed by atoms with Crippen LogP contribution < -0.4 is 10.3 Å². The minimum absolute atomic E-state index is 0.814. The first-order valence-electron chi connectivity index (χ1n) is 5.64. The predicted molar refractivity (Wildman–Crippen MR) is 78.8 cm³/mol. The molecule has 0 aliphatic heterocycles. The van der Waals surface area contributed by atoms with Crippen molar-refractivity contribution in [2.45, 2.75) is 6.92 Å². The van der Waals surface area contributed by atoms with Crippen molar-refractivity contribution in [3.63, 3.8) is 0 Å². The number of hydrogen-bond donors (Lipinski definition) is 1. The summed E-state index contributed by atoms with van der Waals surface area (Å²) in [6.07, 6.45) is 1.79. The van der Waals surface area contributed by atoms with Crippen molar-refractivity contribution in [2.24, 2.45) is 5.10 Å². The van der Waals surface area contributed by atoms with Gasteiger partial charge < -0.3 is 4.90 Å². The minimum atomic E-state index is 0.814. The Morgan fingerprint density at radius 1 is 1.28 bits per heavy atom. The average Bonchev–Trinajstić information content (AvgIpc) is 2.76. The molecule has 0 aliphatic carbocycles. The second-order valence-corrected chi connectivity index (χ2v) is 5.01. The molecule has 1 N–H and O–H groups in total. The molecular weight excluding hydrogens is 244 g/mol. The molecule has 0 saturated heterocycles. The number of anilines is 2. The van der Waals surface area contributed by atoms with Crippen LogP contribution in [0.5, 0.6) is 0 Å². The summed E-state index contributed by atoms with van der Waals surface area (Å²) in [5.41, 5.74) is 6.16. The minimum Gasteiger partial charge on any atom is -0.378 e. The number of aromatic nitrogens is 1. The molecule has 1 aromatic carbocycles. The fraction of sp³-hybridized carbons (Fsp3) is 0.231. The molecule has 94 valence electrons. The molecule has 0 atom stereocenters. The lowest BCUT2D eigenvalue weighted by molar-refractivity contribution is 1.13. The van der Waals surface area contributed by atoms with Crippen LogP contribution in [0.25, 0.3) is 0 Å². The molecule has 0 bridgehead atoms. The van der Waals surface area contributed by atoms with Crippen LogP contribution in [-0.2, 0) is 0 Å². The van der Waals surface area contributed by atoms with Crippen LogP contribution in [0.3, 0.4) is 0 Å². The van der Waals surface area contributed by atoms with Gasteiger partial charge in [-0.2, -0.15) is 5.10 Å². The van der Waals surface area contributed by atoms with Gasteiger partial charge >= 0.3 is 0 Å². The molecule has 0 fully saturated rings. The van der Waals surface area contributed by atoms with E-state index in [1.165, 1.54) is 5.69 Å². The maximum absolute atomic E-state index is 4.27. The van der Waals surface area contributed by atoms with Crippen molar-refractivity contribution in [2.75, 3.05) is 24.4 Å². The van der Waals surface area contributed by atoms with Crippen molar-refractivity contribution in [1.82, 2.24) is 4.98 Å². The predicted octanol–water partition coefficient (Wildman–Crippen LogP) is 2.96. The normalized spacial score (nSPS) is 10.8. The van der Waals surface area contributed by atoms with E-state index in [0.29, 0.717) is 0 Å². The number of nitrogens with zero attached hydrogens (tertiary/aromatic N) is 3. The molecule has 2 rings (SSSR count). The Hall–Kier alpha value is -1.88. The number of thiazole rings is 1. The quantitative estimate of drug-likeness (QED) is 0.678. The zero-order chi connectivity index (χ0) is 13.0. The SMILES string of the molecule is Cc1csc(N/N=C/c2ccc(N(C)C)cc2)n1. The van der Waals surface area contributed by atoms with E-state index in [2.05, 4.69) is 32.5 Å². The van der Waals surface area contributed by atoms with Gasteiger partial charge in [-0.15, -0.1) is 11.3 Å². The van der Waals surface area contributed by atoms with E-state index in [9.17, 15) is 0 Å². The van der Waals surface area contributed by atoms with Crippen LogP contribution in [-0.4, -0.2) is 25.3 Å². The van der Waals surface area contributed by atoms with E-state index >= 15 is 0 Å². The van der Waals surface area contributed by atoms with Crippen molar-refractivity contribution in [3.05, 3.63) is 40.9 Å². The highest BCUT2D eigenvalue weighted by molar-refractivity contribution is 7.13. The molecule has 0 spiro atoms. The van der Waals surface area contributed by atoms with Gasteiger partial charge in [0.1, 0.15) is 0 Å². The van der Waals surface area contributed by atoms with Crippen LogP contribution in [0.1, 0.15) is 11.3 Å². The molecule has 4 nitrogen and oxygen atoms in total. The highest BCUT2D eigenvalue weighted by Gasteiger charge is 1.95. The van der Waals surface area contributed by atoms with Crippen molar-refractivity contribution in [3.8, 4) is 0 Å². The standard InChI is InChI=1S/C13H16N4S/c1-10-9-18-13(15-10)16-14-8-11-4-6-12(7-5-11)17(2)3/h4-9H,1-3H3,(H,15,16)/b14-8+. The zero-order valence-electron chi connectivity index (χ0n) is 10.7. The van der Waals surface area contributed by atoms with Crippen molar-refractivity contribution in [1.29, 1.82) is 0 Å². The molecule has 2 aromatic rings. The summed E-state index contributed by atoms with van der Waals surface area (Å²) in [6, 6.07) is 8.20. The molecule has 0 aliphatic rings. The largest absolute Gasteiger partial charge is 0.378 e. The van der Waals surface area contributed by atoms with Gasteiger partial charge in [-0.3, -0.25) is 5.43 Å². The summed E-state index contributed by atoms with van der Waals surface area (Å²) < 4.78 is 0. The fourth-order valence-electron chi connectivity index (χ4n) is 1.43. The van der Waals surface area contributed by atoms with E-state index in [1.807, 2.05) is 38.5 Å². The fourth-order valence-corrected chi connectivity index (χ4v) is 2.06. The molecule has 0 unspecified atom stereocenters. The maximum Gasteiger partial charge on any atom is 0.203 e. The number of benzene rings is 1. The Bertz CT molecular complexity index is 528. The van der Waals surface area contributed by atoms with E-state index in [-0.39, 0.29) is 0 Å². The summed E-state index contributed by atoms with van der Waals surface area (Å²) in [6.45, 7) is 1.96. The summed E-state index contributed by atoms with van der Waals surface area (Å²) in [4.78, 5) is 6.33. The van der Waals surface area contributed by atoms with Gasteiger partial charge in [-0.1, -0.05) is 12.1 Å². The Labute approximate surface area is 111 Å². The topological polar surface area (TPSA) is 40.5 Å². The monoisotopic (exact) mass is 260 g/mol. The van der Waals surface area contributed by atoms with Gasteiger partial charge in [-0.25, -0.2) is 4.98 Å². The lowest BCUT2D eigenvalue weighted by atomic mass is 10.2. The van der Waals surface area contributed by atoms with Crippen LogP contribution in [0.4, 0.5) is 10.8 Å². The van der Waals surface area contributed by atoms with Gasteiger partial charge in [-0.05, 0) is 24.6 Å². The zero-order valence-corrected chi connectivity index (χ0v) is 11.5. The molecule has 18 heavy (non-hydrogen) atoms. The average molecular weight is 260 g/mol. The van der Waals surface area contributed by atoms with Gasteiger partial charge in [0, 0.05) is 25.2 Å². The highest BCUT2D eigenvalue weighted by atomic mass is 32.1. The molecule has 1 heterocycles. The Kier molecular flexibility index (Phi) is 3.94. The van der Waals surface area contributed by atoms with Crippen LogP contribution in [0.15, 0.2) is 34.7 Å². The Morgan fingerprint density at radius 2 is 2.00 bits per heavy atom. The lowest BCUT2D eigenvalue weighted by Gasteiger charge is -2.11. The summed E-state index contributed by atoms with van der Waals surface area (Å²) in [5, 5.41) is 6.96. The van der Waals surface area contributed by atoms with Crippen LogP contribution >= 0.6 is 11.3 Å². The van der Waals surface area contributed by atoms with Crippen LogP contribution in [0, 0.1) is 6.92 Å². The molecule has 5 heteroatoms. The van der Waals surface area contributed by atoms with Crippen molar-refractivity contribution < 1.29 is 0 Å². The number of rotatable bonds is 4. The Balaban J connectivity index is 1.96. The van der Waals surface area contributed by atoms with Gasteiger partial charge in [0.25, 0.3) is 0 Å². The van der Waals surface area contributed by atoms with Gasteiger partial charge in [0.2, 0.25) is 5.13 Å². The molecule has 0 saturated carbocycles. The second kappa shape index (κ2) is 5.64. The molecule has 0 radical (unpaired) electrons. The molecule has 0 amide bonds. The van der Waals surface area contributed by atoms with Gasteiger partial charge in [0.15, 0.2) is 0 Å². The van der Waals surface area contributed by atoms with Gasteiger partial charge in [0.05, 0.1) is 11.9 Å². The first kappa shape index (κ1) is 12.6. The van der Waals surface area contributed by atoms with E-state index < -0.39 is 0 Å². The number of hydrogen-bond acceptors (Lipinski definition) is 5. The van der Waals surface area contributed by atoms with E-state index in [0.717, 1.165) is 16.4 Å². The molecule has 1 aromatic heterocycles. The highest BCUT2D eigenvalue weighted by Crippen LogP contribution is 2.14. The molecular formula is C13H16N4S. The second-order valence-electron chi connectivity index (χ2n) is 4.15. The number of aryl methyl sites for hydroxylation is 1. The Morgan fingerprint density at radius 3 is 2.56 bits per heavy atom. The third-order valence-corrected chi connectivity index (χ3v) is 3.27. The maximum atomic E-state index is 4.27. The third-order valence-electron chi connectivity index (χ3n) is 2.40. The van der Waals surface area contributed by atoms with Crippen molar-refractivity contribution >= 4 is 28.4 Å². The number of hydrazone groups is 1. The first-order valence-corrected chi connectivity index (χ1v) is 6.52. The lowest BCUT2D eigenvalue weighted by Crippen LogP contribution is -2.08. The van der Waals surface area contributed by atoms with E-state index in [4.69, 9.17) is 0 Å². The van der Waals surface area contributed by atoms with E-state index in [1.54, 1.807) is 17.6 Å². The third kappa shape index (κ3) is 3.30. The summed E-state index contributed by atoms with van der Waals surface area (Å²) in [7, 11) is 4.05.